The zero-order valence-corrected chi connectivity index (χ0v) is 26.9. The minimum absolute atomic E-state index is 0. The Labute approximate surface area is 270 Å². The van der Waals surface area contributed by atoms with Gasteiger partial charge in [-0.15, -0.1) is 0 Å². The van der Waals surface area contributed by atoms with Gasteiger partial charge in [0.15, 0.2) is 0 Å². The van der Waals surface area contributed by atoms with Crippen molar-refractivity contribution < 1.29 is 47.0 Å². The van der Waals surface area contributed by atoms with Crippen molar-refractivity contribution in [3.05, 3.63) is 60.2 Å². The molecule has 0 unspecified atom stereocenters. The number of nitrogens with two attached hydrogens (primary N) is 1. The number of amides is 1. The Hall–Kier alpha value is -1.29. The first kappa shape index (κ1) is 37.7. The number of rotatable bonds is 13. The molecule has 2 aromatic carbocycles. The Morgan fingerprint density at radius 2 is 1.78 bits per heavy atom. The Kier molecular flexibility index (Phi) is 15.8. The second kappa shape index (κ2) is 17.1. The van der Waals surface area contributed by atoms with E-state index in [-0.39, 0.29) is 73.6 Å². The van der Waals surface area contributed by atoms with Crippen molar-refractivity contribution in [1.29, 1.82) is 0 Å². The maximum absolute atomic E-state index is 13.6. The maximum atomic E-state index is 13.6. The van der Waals surface area contributed by atoms with Gasteiger partial charge in [-0.2, -0.15) is 4.31 Å². The van der Waals surface area contributed by atoms with E-state index in [9.17, 15) is 27.6 Å². The van der Waals surface area contributed by atoms with Gasteiger partial charge in [-0.3, -0.25) is 0 Å². The number of hydrogen-bond acceptors (Lipinski definition) is 10. The molecule has 224 valence electrons. The number of anilines is 1. The molecule has 1 aliphatic rings. The van der Waals surface area contributed by atoms with E-state index in [0.717, 1.165) is 4.31 Å². The molecule has 1 aliphatic heterocycles. The van der Waals surface area contributed by atoms with Crippen molar-refractivity contribution in [2.75, 3.05) is 32.0 Å². The summed E-state index contributed by atoms with van der Waals surface area (Å²) >= 11 is 0. The van der Waals surface area contributed by atoms with Gasteiger partial charge >= 0.3 is 43.8 Å². The van der Waals surface area contributed by atoms with Crippen molar-refractivity contribution in [2.45, 2.75) is 49.8 Å². The van der Waals surface area contributed by atoms with E-state index in [2.05, 4.69) is 5.32 Å². The number of hydrogen-bond donors (Lipinski definition) is 2. The summed E-state index contributed by atoms with van der Waals surface area (Å²) in [4.78, 5) is 36.4. The van der Waals surface area contributed by atoms with Crippen LogP contribution in [0.1, 0.15) is 25.8 Å². The Morgan fingerprint density at radius 1 is 1.15 bits per heavy atom. The predicted molar refractivity (Wildman–Crippen MR) is 149 cm³/mol. The number of carbonyl (C=O) groups excluding carboxylic acids is 1. The fourth-order valence-corrected chi connectivity index (χ4v) is 6.31. The summed E-state index contributed by atoms with van der Waals surface area (Å²) in [5.74, 6) is -0.173. The molecule has 0 aliphatic carbocycles. The third kappa shape index (κ3) is 12.5. The summed E-state index contributed by atoms with van der Waals surface area (Å²) in [6, 6.07) is 13.1. The molecular weight excluding hydrogens is 605 g/mol. The summed E-state index contributed by atoms with van der Waals surface area (Å²) in [5.41, 5.74) is 6.75. The average Bonchev–Trinajstić information content (AvgIpc) is 3.35. The molecule has 0 spiro atoms. The number of nitrogens with one attached hydrogen (secondary N) is 1. The van der Waals surface area contributed by atoms with Gasteiger partial charge < -0.3 is 44.9 Å². The van der Waals surface area contributed by atoms with Gasteiger partial charge in [0.05, 0.1) is 38.1 Å². The van der Waals surface area contributed by atoms with Gasteiger partial charge in [-0.25, -0.2) is 13.2 Å². The van der Waals surface area contributed by atoms with Gasteiger partial charge in [-0.1, -0.05) is 44.2 Å². The number of benzene rings is 2. The second-order valence-electron chi connectivity index (χ2n) is 9.71. The Balaban J connectivity index is 0.00000420. The number of nitrogens with zero attached hydrogens (tertiary/aromatic N) is 1. The van der Waals surface area contributed by atoms with Crippen LogP contribution in [0.2, 0.25) is 0 Å². The first-order chi connectivity index (χ1) is 18.3. The molecule has 5 N–H and O–H groups in total. The van der Waals surface area contributed by atoms with E-state index in [1.165, 1.54) is 24.3 Å². The third-order valence-corrected chi connectivity index (χ3v) is 8.32. The van der Waals surface area contributed by atoms with Crippen LogP contribution in [-0.2, 0) is 35.0 Å². The molecule has 0 aromatic heterocycles. The van der Waals surface area contributed by atoms with Crippen LogP contribution in [0, 0.1) is 5.92 Å². The fraction of sp³-hybridized carbons (Fsp3) is 0.480. The molecule has 3 rings (SSSR count). The third-order valence-electron chi connectivity index (χ3n) is 5.95. The first-order valence-electron chi connectivity index (χ1n) is 12.5. The molecule has 13 nitrogen and oxygen atoms in total. The molecule has 1 amide bonds. The minimum Gasteiger partial charge on any atom is -0.790 e. The van der Waals surface area contributed by atoms with Crippen LogP contribution in [0.5, 0.6) is 0 Å². The summed E-state index contributed by atoms with van der Waals surface area (Å²) < 4.78 is 55.6. The Morgan fingerprint density at radius 3 is 2.32 bits per heavy atom. The predicted octanol–water partition coefficient (Wildman–Crippen LogP) is 0.0503. The van der Waals surface area contributed by atoms with E-state index in [4.69, 9.17) is 19.7 Å². The van der Waals surface area contributed by atoms with Crippen molar-refractivity contribution in [3.63, 3.8) is 0 Å². The molecule has 16 heteroatoms. The normalized spacial score (nSPS) is 16.9. The van der Waals surface area contributed by atoms with E-state index in [1.807, 2.05) is 0 Å². The van der Waals surface area contributed by atoms with Gasteiger partial charge in [0.1, 0.15) is 6.10 Å². The van der Waals surface area contributed by atoms with Crippen LogP contribution in [0.15, 0.2) is 59.5 Å². The maximum Gasteiger partial charge on any atom is 2.00 e. The zero-order valence-electron chi connectivity index (χ0n) is 23.0. The number of phosphoric ester groups is 1. The largest absolute Gasteiger partial charge is 2.00 e. The number of alkyl carbamates (subject to hydrolysis) is 1. The molecule has 1 saturated heterocycles. The average molecular weight is 642 g/mol. The van der Waals surface area contributed by atoms with Crippen molar-refractivity contribution in [1.82, 2.24) is 9.62 Å². The summed E-state index contributed by atoms with van der Waals surface area (Å²) in [7, 11) is -9.80. The van der Waals surface area contributed by atoms with Crippen LogP contribution < -0.4 is 20.8 Å². The number of phosphoric acid groups is 1. The molecule has 0 radical (unpaired) electrons. The van der Waals surface area contributed by atoms with Crippen LogP contribution in [-0.4, -0.2) is 107 Å². The van der Waals surface area contributed by atoms with Crippen LogP contribution in [0.4, 0.5) is 10.5 Å². The van der Waals surface area contributed by atoms with Crippen LogP contribution in [0.3, 0.4) is 0 Å². The molecule has 0 saturated carbocycles. The minimum atomic E-state index is -5.62. The van der Waals surface area contributed by atoms with E-state index in [1.54, 1.807) is 44.2 Å². The van der Waals surface area contributed by atoms with E-state index < -0.39 is 48.7 Å². The fourth-order valence-electron chi connectivity index (χ4n) is 4.15. The molecule has 1 heterocycles. The van der Waals surface area contributed by atoms with Gasteiger partial charge in [-0.05, 0) is 42.2 Å². The van der Waals surface area contributed by atoms with Gasteiger partial charge in [0.25, 0.3) is 0 Å². The van der Waals surface area contributed by atoms with Crippen molar-refractivity contribution in [3.8, 4) is 0 Å². The molecule has 0 bridgehead atoms. The van der Waals surface area contributed by atoms with Crippen LogP contribution >= 0.6 is 7.82 Å². The van der Waals surface area contributed by atoms with Gasteiger partial charge in [0, 0.05) is 25.2 Å². The summed E-state index contributed by atoms with van der Waals surface area (Å²) in [6.07, 6.45) is -2.41. The van der Waals surface area contributed by atoms with E-state index >= 15 is 0 Å². The summed E-state index contributed by atoms with van der Waals surface area (Å²) in [6.45, 7) is 3.66. The van der Waals surface area contributed by atoms with Crippen LogP contribution in [0.25, 0.3) is 0 Å². The van der Waals surface area contributed by atoms with Gasteiger partial charge in [0.2, 0.25) is 10.0 Å². The quantitative estimate of drug-likeness (QED) is 0.170. The molecule has 3 atom stereocenters. The zero-order chi connectivity index (χ0) is 28.6. The second-order valence-corrected chi connectivity index (χ2v) is 12.8. The first-order valence-corrected chi connectivity index (χ1v) is 15.4. The van der Waals surface area contributed by atoms with Crippen molar-refractivity contribution in [2.24, 2.45) is 5.92 Å². The number of nitrogen functional groups attached to an aromatic ring is 1. The van der Waals surface area contributed by atoms with Crippen molar-refractivity contribution >= 4 is 67.4 Å². The number of ether oxygens (including phenoxy) is 2. The SMILES string of the molecule is CC(C)CN(C[C@@H](OP(=O)([O-])[O-])[C@H](Cc1ccccc1)NC(=O)O[C@H]1CCOC1)S(=O)(=O)c1ccc(N)cc1.O.[Ca+2]. The molecule has 1 fully saturated rings. The smallest absolute Gasteiger partial charge is 0.790 e. The summed E-state index contributed by atoms with van der Waals surface area (Å²) in [5, 5.41) is 2.59. The van der Waals surface area contributed by atoms with E-state index in [0.29, 0.717) is 24.3 Å². The monoisotopic (exact) mass is 641 g/mol. The topological polar surface area (TPSA) is 215 Å². The molecular formula is C25H36CaN3O10PS. The molecule has 2 aromatic rings. The number of carbonyl (C=O) groups is 1. The Bertz CT molecular complexity index is 1230. The number of sulfonamides is 1. The standard InChI is InChI=1S/C25H36N3O9PS.Ca.H2O/c1-18(2)15-28(39(33,34)22-10-8-20(26)9-11-22)16-24(37-38(30,31)32)23(14-19-6-4-3-5-7-19)27-25(29)36-21-12-13-35-17-21;;/h3-11,18,21,23-24H,12-17,26H2,1-2H3,(H,27,29)(H2,30,31,32);;1H2/q;+2;/p-2/t21-,23-,24+;;/m0../s1. The molecule has 41 heavy (non-hydrogen) atoms.